The molecule has 0 bridgehead atoms. The Balaban J connectivity index is 2.94. The van der Waals surface area contributed by atoms with Gasteiger partial charge in [-0.1, -0.05) is 6.08 Å². The molecule has 0 aliphatic carbocycles. The minimum atomic E-state index is -1.28. The molecule has 0 spiro atoms. The fourth-order valence-corrected chi connectivity index (χ4v) is 1.40. The van der Waals surface area contributed by atoms with E-state index in [0.717, 1.165) is 0 Å². The van der Waals surface area contributed by atoms with Crippen molar-refractivity contribution in [2.24, 2.45) is 0 Å². The van der Waals surface area contributed by atoms with Crippen molar-refractivity contribution in [3.63, 3.8) is 0 Å². The van der Waals surface area contributed by atoms with Crippen LogP contribution in [0.5, 0.6) is 0 Å². The highest BCUT2D eigenvalue weighted by atomic mass is 16.7. The SMILES string of the molecule is C=CC(O)C1(C)OB(O)OC1(C)C. The molecule has 13 heavy (non-hydrogen) atoms. The number of rotatable bonds is 2. The highest BCUT2D eigenvalue weighted by Crippen LogP contribution is 2.39. The summed E-state index contributed by atoms with van der Waals surface area (Å²) in [4.78, 5) is 0. The minimum Gasteiger partial charge on any atom is -0.402 e. The standard InChI is InChI=1S/C8H15BO4/c1-5-6(10)8(4)7(2,3)12-9(11)13-8/h5-6,10-11H,1H2,2-4H3. The number of hydrogen-bond donors (Lipinski definition) is 2. The van der Waals surface area contributed by atoms with Crippen molar-refractivity contribution in [2.75, 3.05) is 0 Å². The van der Waals surface area contributed by atoms with Crippen LogP contribution in [0.2, 0.25) is 0 Å². The molecule has 1 fully saturated rings. The molecular weight excluding hydrogens is 171 g/mol. The third-order valence-corrected chi connectivity index (χ3v) is 2.72. The Morgan fingerprint density at radius 1 is 1.38 bits per heavy atom. The maximum atomic E-state index is 9.64. The normalized spacial score (nSPS) is 34.7. The molecule has 1 aliphatic heterocycles. The predicted molar refractivity (Wildman–Crippen MR) is 48.8 cm³/mol. The van der Waals surface area contributed by atoms with Crippen molar-refractivity contribution in [1.82, 2.24) is 0 Å². The minimum absolute atomic E-state index is 0.750. The fourth-order valence-electron chi connectivity index (χ4n) is 1.40. The maximum absolute atomic E-state index is 9.64. The van der Waals surface area contributed by atoms with E-state index < -0.39 is 24.6 Å². The lowest BCUT2D eigenvalue weighted by atomic mass is 9.83. The van der Waals surface area contributed by atoms with Crippen LogP contribution in [0.1, 0.15) is 20.8 Å². The monoisotopic (exact) mass is 186 g/mol. The first-order chi connectivity index (χ1) is 5.83. The lowest BCUT2D eigenvalue weighted by molar-refractivity contribution is -0.0782. The fraction of sp³-hybridized carbons (Fsp3) is 0.750. The van der Waals surface area contributed by atoms with Gasteiger partial charge in [0.15, 0.2) is 0 Å². The van der Waals surface area contributed by atoms with E-state index in [-0.39, 0.29) is 0 Å². The van der Waals surface area contributed by atoms with Gasteiger partial charge in [0, 0.05) is 0 Å². The lowest BCUT2D eigenvalue weighted by Crippen LogP contribution is -2.53. The highest BCUT2D eigenvalue weighted by molar-refractivity contribution is 6.35. The molecule has 2 atom stereocenters. The van der Waals surface area contributed by atoms with Crippen LogP contribution in [0.15, 0.2) is 12.7 Å². The van der Waals surface area contributed by atoms with Gasteiger partial charge in [-0.05, 0) is 20.8 Å². The van der Waals surface area contributed by atoms with E-state index in [4.69, 9.17) is 14.3 Å². The average molecular weight is 186 g/mol. The first kappa shape index (κ1) is 10.7. The first-order valence-electron chi connectivity index (χ1n) is 4.18. The van der Waals surface area contributed by atoms with E-state index in [9.17, 15) is 5.11 Å². The van der Waals surface area contributed by atoms with Gasteiger partial charge in [0.2, 0.25) is 0 Å². The van der Waals surface area contributed by atoms with E-state index in [1.807, 2.05) is 0 Å². The van der Waals surface area contributed by atoms with Crippen molar-refractivity contribution in [2.45, 2.75) is 38.1 Å². The van der Waals surface area contributed by atoms with Crippen molar-refractivity contribution in [3.05, 3.63) is 12.7 Å². The molecule has 1 heterocycles. The summed E-state index contributed by atoms with van der Waals surface area (Å²) in [6.07, 6.45) is 0.489. The maximum Gasteiger partial charge on any atom is 0.637 e. The Hall–Kier alpha value is -0.355. The van der Waals surface area contributed by atoms with Crippen LogP contribution < -0.4 is 0 Å². The summed E-state index contributed by atoms with van der Waals surface area (Å²) < 4.78 is 10.2. The second kappa shape index (κ2) is 3.10. The van der Waals surface area contributed by atoms with Gasteiger partial charge in [0.05, 0.1) is 5.60 Å². The molecule has 0 radical (unpaired) electrons. The molecule has 0 aromatic rings. The van der Waals surface area contributed by atoms with Gasteiger partial charge < -0.3 is 19.4 Å². The van der Waals surface area contributed by atoms with Gasteiger partial charge in [0.25, 0.3) is 0 Å². The summed E-state index contributed by atoms with van der Waals surface area (Å²) in [6, 6.07) is 0. The number of aliphatic hydroxyl groups is 1. The summed E-state index contributed by atoms with van der Waals surface area (Å²) in [6.45, 7) is 8.64. The van der Waals surface area contributed by atoms with Crippen molar-refractivity contribution < 1.29 is 19.4 Å². The van der Waals surface area contributed by atoms with E-state index in [0.29, 0.717) is 0 Å². The van der Waals surface area contributed by atoms with Crippen LogP contribution in [-0.4, -0.2) is 34.8 Å². The van der Waals surface area contributed by atoms with Crippen LogP contribution >= 0.6 is 0 Å². The van der Waals surface area contributed by atoms with Gasteiger partial charge in [-0.25, -0.2) is 0 Å². The zero-order chi connectivity index (χ0) is 10.3. The summed E-state index contributed by atoms with van der Waals surface area (Å²) in [5.74, 6) is 0. The number of aliphatic hydroxyl groups excluding tert-OH is 1. The molecule has 4 nitrogen and oxygen atoms in total. The van der Waals surface area contributed by atoms with Crippen molar-refractivity contribution in [1.29, 1.82) is 0 Å². The van der Waals surface area contributed by atoms with Gasteiger partial charge in [-0.2, -0.15) is 0 Å². The van der Waals surface area contributed by atoms with Gasteiger partial charge in [0.1, 0.15) is 11.7 Å². The quantitative estimate of drug-likeness (QED) is 0.474. The van der Waals surface area contributed by atoms with Gasteiger partial charge in [-0.3, -0.25) is 0 Å². The molecule has 0 aromatic carbocycles. The summed E-state index contributed by atoms with van der Waals surface area (Å²) in [5, 5.41) is 18.8. The predicted octanol–water partition coefficient (Wildman–Crippen LogP) is 0.0946. The van der Waals surface area contributed by atoms with Crippen molar-refractivity contribution in [3.8, 4) is 0 Å². The Bertz CT molecular complexity index is 218. The molecule has 0 saturated carbocycles. The molecular formula is C8H15BO4. The smallest absolute Gasteiger partial charge is 0.402 e. The third-order valence-electron chi connectivity index (χ3n) is 2.72. The van der Waals surface area contributed by atoms with Gasteiger partial charge >= 0.3 is 7.32 Å². The Kier molecular flexibility index (Phi) is 2.55. The Morgan fingerprint density at radius 2 is 1.92 bits per heavy atom. The topological polar surface area (TPSA) is 58.9 Å². The van der Waals surface area contributed by atoms with Crippen LogP contribution in [0.3, 0.4) is 0 Å². The van der Waals surface area contributed by atoms with Crippen LogP contribution in [0, 0.1) is 0 Å². The molecule has 74 valence electrons. The average Bonchev–Trinajstić information content (AvgIpc) is 2.20. The van der Waals surface area contributed by atoms with Crippen LogP contribution in [0.25, 0.3) is 0 Å². The second-order valence-corrected chi connectivity index (χ2v) is 3.84. The molecule has 5 heteroatoms. The molecule has 1 aliphatic rings. The summed E-state index contributed by atoms with van der Waals surface area (Å²) in [7, 11) is -1.28. The van der Waals surface area contributed by atoms with Crippen LogP contribution in [-0.2, 0) is 9.31 Å². The van der Waals surface area contributed by atoms with E-state index in [2.05, 4.69) is 6.58 Å². The highest BCUT2D eigenvalue weighted by Gasteiger charge is 2.57. The van der Waals surface area contributed by atoms with E-state index >= 15 is 0 Å². The molecule has 1 saturated heterocycles. The van der Waals surface area contributed by atoms with E-state index in [1.54, 1.807) is 20.8 Å². The second-order valence-electron chi connectivity index (χ2n) is 3.84. The Morgan fingerprint density at radius 3 is 2.23 bits per heavy atom. The van der Waals surface area contributed by atoms with Gasteiger partial charge in [-0.15, -0.1) is 6.58 Å². The largest absolute Gasteiger partial charge is 0.637 e. The molecule has 1 rings (SSSR count). The number of hydrogen-bond acceptors (Lipinski definition) is 4. The zero-order valence-corrected chi connectivity index (χ0v) is 8.15. The van der Waals surface area contributed by atoms with Crippen LogP contribution in [0.4, 0.5) is 0 Å². The molecule has 2 N–H and O–H groups in total. The lowest BCUT2D eigenvalue weighted by Gasteiger charge is -2.38. The third kappa shape index (κ3) is 1.53. The van der Waals surface area contributed by atoms with E-state index in [1.165, 1.54) is 6.08 Å². The molecule has 0 amide bonds. The zero-order valence-electron chi connectivity index (χ0n) is 8.15. The Labute approximate surface area is 78.3 Å². The molecule has 2 unspecified atom stereocenters. The summed E-state index contributed by atoms with van der Waals surface area (Å²) >= 11 is 0. The summed E-state index contributed by atoms with van der Waals surface area (Å²) in [5.41, 5.74) is -1.71. The van der Waals surface area contributed by atoms with Crippen molar-refractivity contribution >= 4 is 7.32 Å². The molecule has 0 aromatic heterocycles. The first-order valence-corrected chi connectivity index (χ1v) is 4.18.